The van der Waals surface area contributed by atoms with Crippen LogP contribution >= 0.6 is 22.6 Å². The Morgan fingerprint density at radius 1 is 1.42 bits per heavy atom. The van der Waals surface area contributed by atoms with E-state index in [9.17, 15) is 4.79 Å². The Labute approximate surface area is 128 Å². The third-order valence-corrected chi connectivity index (χ3v) is 4.37. The predicted octanol–water partition coefficient (Wildman–Crippen LogP) is 3.32. The molecule has 4 heteroatoms. The predicted molar refractivity (Wildman–Crippen MR) is 87.4 cm³/mol. The molecular formula is C15H21IN2O. The molecule has 1 aliphatic heterocycles. The van der Waals surface area contributed by atoms with Crippen LogP contribution in [-0.2, 0) is 4.79 Å². The zero-order valence-corrected chi connectivity index (χ0v) is 13.5. The molecule has 104 valence electrons. The van der Waals surface area contributed by atoms with Crippen LogP contribution in [0.4, 0.5) is 5.69 Å². The molecule has 2 rings (SSSR count). The van der Waals surface area contributed by atoms with Crippen molar-refractivity contribution in [1.29, 1.82) is 0 Å². The van der Waals surface area contributed by atoms with Gasteiger partial charge in [0.25, 0.3) is 0 Å². The van der Waals surface area contributed by atoms with E-state index in [-0.39, 0.29) is 5.91 Å². The van der Waals surface area contributed by atoms with Crippen LogP contribution in [-0.4, -0.2) is 19.0 Å². The SMILES string of the molecule is Cc1cc(I)ccc1NC(=O)CCC1CCNCC1. The van der Waals surface area contributed by atoms with Gasteiger partial charge in [0.05, 0.1) is 0 Å². The zero-order chi connectivity index (χ0) is 13.7. The number of carbonyl (C=O) groups excluding carboxylic acids is 1. The first-order chi connectivity index (χ1) is 9.15. The van der Waals surface area contributed by atoms with Crippen molar-refractivity contribution < 1.29 is 4.79 Å². The topological polar surface area (TPSA) is 41.1 Å². The smallest absolute Gasteiger partial charge is 0.224 e. The second kappa shape index (κ2) is 7.24. The molecule has 0 spiro atoms. The van der Waals surface area contributed by atoms with Crippen molar-refractivity contribution in [3.63, 3.8) is 0 Å². The summed E-state index contributed by atoms with van der Waals surface area (Å²) in [5.74, 6) is 0.854. The van der Waals surface area contributed by atoms with Crippen LogP contribution in [0.2, 0.25) is 0 Å². The maximum absolute atomic E-state index is 12.0. The summed E-state index contributed by atoms with van der Waals surface area (Å²) in [5, 5.41) is 6.37. The Kier molecular flexibility index (Phi) is 5.63. The van der Waals surface area contributed by atoms with Gasteiger partial charge in [0.1, 0.15) is 0 Å². The number of hydrogen-bond donors (Lipinski definition) is 2. The van der Waals surface area contributed by atoms with E-state index in [1.807, 2.05) is 19.1 Å². The minimum absolute atomic E-state index is 0.142. The number of halogens is 1. The van der Waals surface area contributed by atoms with Gasteiger partial charge >= 0.3 is 0 Å². The van der Waals surface area contributed by atoms with Gasteiger partial charge in [-0.2, -0.15) is 0 Å². The summed E-state index contributed by atoms with van der Waals surface area (Å²) in [6.07, 6.45) is 4.05. The van der Waals surface area contributed by atoms with E-state index >= 15 is 0 Å². The van der Waals surface area contributed by atoms with E-state index in [1.54, 1.807) is 0 Å². The molecule has 0 saturated carbocycles. The molecule has 1 aromatic rings. The van der Waals surface area contributed by atoms with Gasteiger partial charge in [-0.25, -0.2) is 0 Å². The first-order valence-electron chi connectivity index (χ1n) is 6.92. The van der Waals surface area contributed by atoms with Gasteiger partial charge in [-0.05, 0) is 91.5 Å². The molecule has 1 amide bonds. The van der Waals surface area contributed by atoms with E-state index in [2.05, 4.69) is 39.3 Å². The van der Waals surface area contributed by atoms with Crippen molar-refractivity contribution in [3.05, 3.63) is 27.3 Å². The lowest BCUT2D eigenvalue weighted by Gasteiger charge is -2.22. The van der Waals surface area contributed by atoms with Gasteiger partial charge in [-0.1, -0.05) is 0 Å². The summed E-state index contributed by atoms with van der Waals surface area (Å²) in [4.78, 5) is 12.0. The lowest BCUT2D eigenvalue weighted by molar-refractivity contribution is -0.116. The van der Waals surface area contributed by atoms with Crippen molar-refractivity contribution in [1.82, 2.24) is 5.32 Å². The van der Waals surface area contributed by atoms with Gasteiger partial charge < -0.3 is 10.6 Å². The summed E-state index contributed by atoms with van der Waals surface area (Å²) in [6.45, 7) is 4.23. The molecule has 0 aliphatic carbocycles. The molecule has 0 aromatic heterocycles. The number of amides is 1. The monoisotopic (exact) mass is 372 g/mol. The van der Waals surface area contributed by atoms with Crippen molar-refractivity contribution in [2.75, 3.05) is 18.4 Å². The van der Waals surface area contributed by atoms with Crippen LogP contribution in [0, 0.1) is 16.4 Å². The molecule has 2 N–H and O–H groups in total. The Balaban J connectivity index is 1.80. The molecule has 1 saturated heterocycles. The fourth-order valence-corrected chi connectivity index (χ4v) is 3.13. The number of rotatable bonds is 4. The summed E-state index contributed by atoms with van der Waals surface area (Å²) in [6, 6.07) is 6.10. The highest BCUT2D eigenvalue weighted by Gasteiger charge is 2.14. The van der Waals surface area contributed by atoms with Crippen LogP contribution in [0.1, 0.15) is 31.2 Å². The highest BCUT2D eigenvalue weighted by Crippen LogP contribution is 2.20. The van der Waals surface area contributed by atoms with Gasteiger partial charge in [0.2, 0.25) is 5.91 Å². The largest absolute Gasteiger partial charge is 0.326 e. The summed E-state index contributed by atoms with van der Waals surface area (Å²) < 4.78 is 1.20. The first-order valence-corrected chi connectivity index (χ1v) is 8.00. The molecule has 1 fully saturated rings. The third kappa shape index (κ3) is 4.76. The van der Waals surface area contributed by atoms with E-state index in [0.29, 0.717) is 12.3 Å². The standard InChI is InChI=1S/C15H21IN2O/c1-11-10-13(16)3-4-14(11)18-15(19)5-2-12-6-8-17-9-7-12/h3-4,10,12,17H,2,5-9H2,1H3,(H,18,19). The normalized spacial score (nSPS) is 16.3. The number of hydrogen-bond acceptors (Lipinski definition) is 2. The van der Waals surface area contributed by atoms with Crippen molar-refractivity contribution in [2.45, 2.75) is 32.6 Å². The average molecular weight is 372 g/mol. The molecule has 1 heterocycles. The van der Waals surface area contributed by atoms with E-state index in [4.69, 9.17) is 0 Å². The molecule has 0 radical (unpaired) electrons. The van der Waals surface area contributed by atoms with Crippen LogP contribution in [0.3, 0.4) is 0 Å². The Hall–Kier alpha value is -0.620. The second-order valence-electron chi connectivity index (χ2n) is 5.24. The maximum Gasteiger partial charge on any atom is 0.224 e. The van der Waals surface area contributed by atoms with E-state index < -0.39 is 0 Å². The Morgan fingerprint density at radius 3 is 2.84 bits per heavy atom. The molecule has 1 aromatic carbocycles. The quantitative estimate of drug-likeness (QED) is 0.797. The molecule has 1 aliphatic rings. The third-order valence-electron chi connectivity index (χ3n) is 3.70. The van der Waals surface area contributed by atoms with E-state index in [1.165, 1.54) is 16.4 Å². The highest BCUT2D eigenvalue weighted by atomic mass is 127. The van der Waals surface area contributed by atoms with Crippen LogP contribution in [0.5, 0.6) is 0 Å². The summed E-state index contributed by atoms with van der Waals surface area (Å²) in [7, 11) is 0. The lowest BCUT2D eigenvalue weighted by Crippen LogP contribution is -2.28. The van der Waals surface area contributed by atoms with Gasteiger partial charge in [-0.15, -0.1) is 0 Å². The van der Waals surface area contributed by atoms with Crippen molar-refractivity contribution in [3.8, 4) is 0 Å². The fourth-order valence-electron chi connectivity index (χ4n) is 2.49. The summed E-state index contributed by atoms with van der Waals surface area (Å²) >= 11 is 2.28. The van der Waals surface area contributed by atoms with Crippen molar-refractivity contribution in [2.24, 2.45) is 5.92 Å². The number of anilines is 1. The first kappa shape index (κ1) is 14.8. The number of benzene rings is 1. The molecule has 3 nitrogen and oxygen atoms in total. The molecule has 0 unspecified atom stereocenters. The Bertz CT molecular complexity index is 442. The second-order valence-corrected chi connectivity index (χ2v) is 6.49. The zero-order valence-electron chi connectivity index (χ0n) is 11.3. The molecule has 0 atom stereocenters. The summed E-state index contributed by atoms with van der Waals surface area (Å²) in [5.41, 5.74) is 2.07. The van der Waals surface area contributed by atoms with Crippen LogP contribution in [0.15, 0.2) is 18.2 Å². The van der Waals surface area contributed by atoms with Gasteiger partial charge in [0, 0.05) is 15.7 Å². The fraction of sp³-hybridized carbons (Fsp3) is 0.533. The molecule has 0 bridgehead atoms. The van der Waals surface area contributed by atoms with Gasteiger partial charge in [-0.3, -0.25) is 4.79 Å². The van der Waals surface area contributed by atoms with Crippen molar-refractivity contribution >= 4 is 34.2 Å². The number of piperidine rings is 1. The maximum atomic E-state index is 12.0. The number of nitrogens with one attached hydrogen (secondary N) is 2. The average Bonchev–Trinajstić information content (AvgIpc) is 2.41. The van der Waals surface area contributed by atoms with Crippen LogP contribution in [0.25, 0.3) is 0 Å². The Morgan fingerprint density at radius 2 is 2.16 bits per heavy atom. The van der Waals surface area contributed by atoms with Crippen LogP contribution < -0.4 is 10.6 Å². The highest BCUT2D eigenvalue weighted by molar-refractivity contribution is 14.1. The lowest BCUT2D eigenvalue weighted by atomic mass is 9.93. The molecular weight excluding hydrogens is 351 g/mol. The number of aryl methyl sites for hydroxylation is 1. The molecule has 19 heavy (non-hydrogen) atoms. The minimum Gasteiger partial charge on any atom is -0.326 e. The minimum atomic E-state index is 0.142. The number of carbonyl (C=O) groups is 1. The van der Waals surface area contributed by atoms with E-state index in [0.717, 1.165) is 30.8 Å². The van der Waals surface area contributed by atoms with Gasteiger partial charge in [0.15, 0.2) is 0 Å².